The molecule has 3 N–H and O–H groups in total. The molecular weight excluding hydrogens is 440 g/mol. The summed E-state index contributed by atoms with van der Waals surface area (Å²) in [6, 6.07) is 8.89. The SMILES string of the molecule is Cc1cc(-c2cnn3c(NC[C@H]4CCOC4)cc(NC4CCCC4)nc23)ccc1C(=O)NC1CC1. The summed E-state index contributed by atoms with van der Waals surface area (Å²) in [5.41, 5.74) is 4.48. The Balaban J connectivity index is 1.32. The molecule has 2 aromatic heterocycles. The smallest absolute Gasteiger partial charge is 0.251 e. The third-order valence-electron chi connectivity index (χ3n) is 7.47. The van der Waals surface area contributed by atoms with Crippen LogP contribution in [0.1, 0.15) is 60.9 Å². The molecule has 0 radical (unpaired) electrons. The summed E-state index contributed by atoms with van der Waals surface area (Å²) in [7, 11) is 0. The second-order valence-electron chi connectivity index (χ2n) is 10.3. The highest BCUT2D eigenvalue weighted by atomic mass is 16.5. The summed E-state index contributed by atoms with van der Waals surface area (Å²) in [6.45, 7) is 4.49. The number of benzene rings is 1. The fourth-order valence-electron chi connectivity index (χ4n) is 5.22. The molecule has 1 aromatic carbocycles. The zero-order valence-electron chi connectivity index (χ0n) is 20.3. The van der Waals surface area contributed by atoms with Crippen molar-refractivity contribution < 1.29 is 9.53 Å². The van der Waals surface area contributed by atoms with Gasteiger partial charge in [0.05, 0.1) is 12.8 Å². The highest BCUT2D eigenvalue weighted by molar-refractivity contribution is 5.97. The van der Waals surface area contributed by atoms with Crippen molar-refractivity contribution in [1.29, 1.82) is 0 Å². The van der Waals surface area contributed by atoms with Crippen LogP contribution in [0.2, 0.25) is 0 Å². The molecular formula is C27H34N6O2. The average molecular weight is 475 g/mol. The Kier molecular flexibility index (Phi) is 6.06. The van der Waals surface area contributed by atoms with E-state index in [1.54, 1.807) is 0 Å². The van der Waals surface area contributed by atoms with E-state index in [-0.39, 0.29) is 5.91 Å². The van der Waals surface area contributed by atoms with Crippen LogP contribution in [0.25, 0.3) is 16.8 Å². The Labute approximate surface area is 205 Å². The van der Waals surface area contributed by atoms with Gasteiger partial charge < -0.3 is 20.7 Å². The molecule has 184 valence electrons. The fraction of sp³-hybridized carbons (Fsp3) is 0.519. The molecule has 0 bridgehead atoms. The Hall–Kier alpha value is -3.13. The lowest BCUT2D eigenvalue weighted by molar-refractivity contribution is 0.0950. The zero-order chi connectivity index (χ0) is 23.8. The maximum atomic E-state index is 12.6. The van der Waals surface area contributed by atoms with E-state index < -0.39 is 0 Å². The van der Waals surface area contributed by atoms with Crippen molar-refractivity contribution in [2.24, 2.45) is 5.92 Å². The number of ether oxygens (including phenoxy) is 1. The van der Waals surface area contributed by atoms with Crippen LogP contribution in [0, 0.1) is 12.8 Å². The van der Waals surface area contributed by atoms with E-state index in [4.69, 9.17) is 14.8 Å². The summed E-state index contributed by atoms with van der Waals surface area (Å²) in [6.07, 6.45) is 10.0. The van der Waals surface area contributed by atoms with Crippen molar-refractivity contribution in [1.82, 2.24) is 19.9 Å². The van der Waals surface area contributed by atoms with Gasteiger partial charge in [-0.05, 0) is 56.2 Å². The maximum Gasteiger partial charge on any atom is 0.251 e. The van der Waals surface area contributed by atoms with Gasteiger partial charge in [0.15, 0.2) is 5.65 Å². The number of anilines is 2. The van der Waals surface area contributed by atoms with Gasteiger partial charge in [0, 0.05) is 48.3 Å². The number of fused-ring (bicyclic) bond motifs is 1. The highest BCUT2D eigenvalue weighted by Gasteiger charge is 2.25. The number of carbonyl (C=O) groups excluding carboxylic acids is 1. The first-order valence-electron chi connectivity index (χ1n) is 13.0. The van der Waals surface area contributed by atoms with Gasteiger partial charge >= 0.3 is 0 Å². The van der Waals surface area contributed by atoms with Crippen LogP contribution in [0.5, 0.6) is 0 Å². The van der Waals surface area contributed by atoms with Crippen LogP contribution >= 0.6 is 0 Å². The van der Waals surface area contributed by atoms with Crippen molar-refractivity contribution >= 4 is 23.2 Å². The number of hydrogen-bond donors (Lipinski definition) is 3. The van der Waals surface area contributed by atoms with E-state index in [1.165, 1.54) is 25.7 Å². The summed E-state index contributed by atoms with van der Waals surface area (Å²) in [5.74, 6) is 2.34. The standard InChI is InChI=1S/C27H34N6O2/c1-17-12-19(6-9-22(17)27(34)31-21-7-8-21)23-15-29-33-25(28-14-18-10-11-35-16-18)13-24(32-26(23)33)30-20-4-2-3-5-20/h6,9,12-13,15,18,20-21,28H,2-5,7-8,10-11,14,16H2,1H3,(H,30,32)(H,31,34)/t18-/m1/s1. The molecule has 8 heteroatoms. The number of aryl methyl sites for hydroxylation is 1. The molecule has 1 amide bonds. The Bertz CT molecular complexity index is 1220. The lowest BCUT2D eigenvalue weighted by atomic mass is 10.0. The van der Waals surface area contributed by atoms with Crippen LogP contribution in [0.3, 0.4) is 0 Å². The topological polar surface area (TPSA) is 92.6 Å². The van der Waals surface area contributed by atoms with Crippen molar-refractivity contribution in [2.75, 3.05) is 30.4 Å². The molecule has 1 atom stereocenters. The van der Waals surface area contributed by atoms with Gasteiger partial charge in [-0.15, -0.1) is 0 Å². The second kappa shape index (κ2) is 9.49. The molecule has 2 saturated carbocycles. The first kappa shape index (κ1) is 22.3. The van der Waals surface area contributed by atoms with Gasteiger partial charge in [-0.25, -0.2) is 4.98 Å². The summed E-state index contributed by atoms with van der Waals surface area (Å²) in [4.78, 5) is 17.6. The molecule has 3 heterocycles. The van der Waals surface area contributed by atoms with Crippen molar-refractivity contribution in [3.05, 3.63) is 41.6 Å². The monoisotopic (exact) mass is 474 g/mol. The van der Waals surface area contributed by atoms with Crippen LogP contribution in [-0.2, 0) is 4.74 Å². The van der Waals surface area contributed by atoms with Gasteiger partial charge in [0.2, 0.25) is 0 Å². The lowest BCUT2D eigenvalue weighted by Gasteiger charge is -2.17. The molecule has 6 rings (SSSR count). The van der Waals surface area contributed by atoms with Crippen LogP contribution in [0.4, 0.5) is 11.6 Å². The third-order valence-corrected chi connectivity index (χ3v) is 7.47. The molecule has 0 unspecified atom stereocenters. The van der Waals surface area contributed by atoms with Crippen molar-refractivity contribution in [3.8, 4) is 11.1 Å². The van der Waals surface area contributed by atoms with Crippen molar-refractivity contribution in [2.45, 2.75) is 64.0 Å². The van der Waals surface area contributed by atoms with Gasteiger partial charge in [-0.2, -0.15) is 9.61 Å². The first-order valence-corrected chi connectivity index (χ1v) is 13.0. The third kappa shape index (κ3) is 4.85. The number of hydrogen-bond acceptors (Lipinski definition) is 6. The van der Waals surface area contributed by atoms with E-state index in [2.05, 4.69) is 28.1 Å². The van der Waals surface area contributed by atoms with Crippen LogP contribution < -0.4 is 16.0 Å². The number of nitrogens with zero attached hydrogens (tertiary/aromatic N) is 3. The maximum absolute atomic E-state index is 12.6. The molecule has 3 aliphatic rings. The first-order chi connectivity index (χ1) is 17.1. The predicted octanol–water partition coefficient (Wildman–Crippen LogP) is 4.40. The van der Waals surface area contributed by atoms with Gasteiger partial charge in [0.25, 0.3) is 5.91 Å². The van der Waals surface area contributed by atoms with Gasteiger partial charge in [-0.1, -0.05) is 25.0 Å². The van der Waals surface area contributed by atoms with Crippen molar-refractivity contribution in [3.63, 3.8) is 0 Å². The highest BCUT2D eigenvalue weighted by Crippen LogP contribution is 2.30. The molecule has 3 fully saturated rings. The molecule has 1 aliphatic heterocycles. The van der Waals surface area contributed by atoms with E-state index >= 15 is 0 Å². The predicted molar refractivity (Wildman–Crippen MR) is 137 cm³/mol. The minimum atomic E-state index is 0.0139. The molecule has 3 aromatic rings. The van der Waals surface area contributed by atoms with E-state index in [9.17, 15) is 4.79 Å². The second-order valence-corrected chi connectivity index (χ2v) is 10.3. The van der Waals surface area contributed by atoms with Crippen LogP contribution in [-0.4, -0.2) is 52.3 Å². The normalized spacial score (nSPS) is 20.4. The summed E-state index contributed by atoms with van der Waals surface area (Å²) in [5, 5.41) is 15.1. The van der Waals surface area contributed by atoms with Crippen LogP contribution in [0.15, 0.2) is 30.5 Å². The fourth-order valence-corrected chi connectivity index (χ4v) is 5.22. The Morgan fingerprint density at radius 3 is 2.71 bits per heavy atom. The number of aromatic nitrogens is 3. The molecule has 8 nitrogen and oxygen atoms in total. The van der Waals surface area contributed by atoms with E-state index in [1.807, 2.05) is 29.8 Å². The Morgan fingerprint density at radius 1 is 1.11 bits per heavy atom. The molecule has 0 spiro atoms. The minimum absolute atomic E-state index is 0.0139. The molecule has 2 aliphatic carbocycles. The molecule has 35 heavy (non-hydrogen) atoms. The zero-order valence-corrected chi connectivity index (χ0v) is 20.3. The Morgan fingerprint density at radius 2 is 1.97 bits per heavy atom. The lowest BCUT2D eigenvalue weighted by Crippen LogP contribution is -2.26. The number of carbonyl (C=O) groups is 1. The van der Waals surface area contributed by atoms with E-state index in [0.717, 1.165) is 78.6 Å². The molecule has 1 saturated heterocycles. The summed E-state index contributed by atoms with van der Waals surface area (Å²) < 4.78 is 7.45. The number of rotatable bonds is 8. The largest absolute Gasteiger partial charge is 0.381 e. The average Bonchev–Trinajstić information content (AvgIpc) is 3.26. The van der Waals surface area contributed by atoms with Gasteiger partial charge in [0.1, 0.15) is 11.6 Å². The number of nitrogens with one attached hydrogen (secondary N) is 3. The van der Waals surface area contributed by atoms with E-state index in [0.29, 0.717) is 18.0 Å². The van der Waals surface area contributed by atoms with Gasteiger partial charge in [-0.3, -0.25) is 4.79 Å². The summed E-state index contributed by atoms with van der Waals surface area (Å²) >= 11 is 0. The number of amides is 1. The minimum Gasteiger partial charge on any atom is -0.381 e. The quantitative estimate of drug-likeness (QED) is 0.448.